The number of hydrogen-bond donors (Lipinski definition) is 2. The van der Waals surface area contributed by atoms with Crippen molar-refractivity contribution in [1.82, 2.24) is 15.2 Å². The molecule has 0 aromatic carbocycles. The number of hydrogen-bond acceptors (Lipinski definition) is 4. The van der Waals surface area contributed by atoms with Crippen molar-refractivity contribution in [2.45, 2.75) is 51.6 Å². The summed E-state index contributed by atoms with van der Waals surface area (Å²) in [7, 11) is 0. The number of urea groups is 1. The number of carboxylic acid groups (broad SMARTS) is 1. The smallest absolute Gasteiger partial charge is 0.355 e. The number of nitrogens with zero attached hydrogens (tertiary/aromatic N) is 2. The monoisotopic (exact) mass is 311 g/mol. The molecule has 1 fully saturated rings. The van der Waals surface area contributed by atoms with Crippen LogP contribution in [0.2, 0.25) is 0 Å². The minimum atomic E-state index is -1.04. The molecule has 0 saturated carbocycles. The third-order valence-electron chi connectivity index (χ3n) is 3.77. The zero-order valence-corrected chi connectivity index (χ0v) is 13.0. The fourth-order valence-corrected chi connectivity index (χ4v) is 3.32. The summed E-state index contributed by atoms with van der Waals surface area (Å²) in [6.07, 6.45) is 5.42. The fourth-order valence-electron chi connectivity index (χ4n) is 2.61. The SMILES string of the molecule is CCC1CCCCCN1C(=O)NCc1nc(C(=O)O)cs1. The van der Waals surface area contributed by atoms with Crippen LogP contribution in [0.1, 0.15) is 54.5 Å². The Morgan fingerprint density at radius 1 is 1.48 bits per heavy atom. The van der Waals surface area contributed by atoms with E-state index in [4.69, 9.17) is 5.11 Å². The van der Waals surface area contributed by atoms with E-state index in [9.17, 15) is 9.59 Å². The second-order valence-electron chi connectivity index (χ2n) is 5.20. The molecule has 7 heteroatoms. The maximum absolute atomic E-state index is 12.3. The number of rotatable bonds is 4. The minimum absolute atomic E-state index is 0.0328. The van der Waals surface area contributed by atoms with Crippen molar-refractivity contribution in [2.24, 2.45) is 0 Å². The number of likely N-dealkylation sites (tertiary alicyclic amines) is 1. The van der Waals surface area contributed by atoms with Crippen LogP contribution in [0.25, 0.3) is 0 Å². The fraction of sp³-hybridized carbons (Fsp3) is 0.643. The Kier molecular flexibility index (Phi) is 5.55. The van der Waals surface area contributed by atoms with Gasteiger partial charge in [-0.25, -0.2) is 14.6 Å². The summed E-state index contributed by atoms with van der Waals surface area (Å²) < 4.78 is 0. The van der Waals surface area contributed by atoms with Crippen LogP contribution in [0, 0.1) is 0 Å². The Balaban J connectivity index is 1.91. The molecule has 2 N–H and O–H groups in total. The van der Waals surface area contributed by atoms with Gasteiger partial charge in [0.2, 0.25) is 0 Å². The molecule has 1 atom stereocenters. The molecule has 6 nitrogen and oxygen atoms in total. The quantitative estimate of drug-likeness (QED) is 0.895. The van der Waals surface area contributed by atoms with Crippen LogP contribution in [0.5, 0.6) is 0 Å². The van der Waals surface area contributed by atoms with Gasteiger partial charge < -0.3 is 15.3 Å². The highest BCUT2D eigenvalue weighted by Gasteiger charge is 2.24. The molecule has 0 aliphatic carbocycles. The zero-order chi connectivity index (χ0) is 15.2. The lowest BCUT2D eigenvalue weighted by atomic mass is 10.1. The molecule has 2 rings (SSSR count). The van der Waals surface area contributed by atoms with Crippen LogP contribution in [-0.4, -0.2) is 39.6 Å². The normalized spacial score (nSPS) is 19.1. The second kappa shape index (κ2) is 7.40. The number of aromatic carboxylic acids is 1. The summed E-state index contributed by atoms with van der Waals surface area (Å²) in [6, 6.07) is 0.231. The van der Waals surface area contributed by atoms with Crippen molar-refractivity contribution in [3.63, 3.8) is 0 Å². The topological polar surface area (TPSA) is 82.5 Å². The molecular formula is C14H21N3O3S. The summed E-state index contributed by atoms with van der Waals surface area (Å²) in [4.78, 5) is 29.0. The standard InChI is InChI=1S/C14H21N3O3S/c1-2-10-6-4-3-5-7-17(10)14(20)15-8-12-16-11(9-21-12)13(18)19/h9-10H,2-8H2,1H3,(H,15,20)(H,18,19). The first-order chi connectivity index (χ1) is 10.1. The van der Waals surface area contributed by atoms with Crippen molar-refractivity contribution >= 4 is 23.3 Å². The second-order valence-corrected chi connectivity index (χ2v) is 6.14. The average molecular weight is 311 g/mol. The number of nitrogens with one attached hydrogen (secondary N) is 1. The van der Waals surface area contributed by atoms with Gasteiger partial charge in [-0.15, -0.1) is 11.3 Å². The maximum atomic E-state index is 12.3. The Hall–Kier alpha value is -1.63. The molecule has 0 bridgehead atoms. The Morgan fingerprint density at radius 2 is 2.29 bits per heavy atom. The highest BCUT2D eigenvalue weighted by atomic mass is 32.1. The average Bonchev–Trinajstić information content (AvgIpc) is 2.82. The van der Waals surface area contributed by atoms with Crippen LogP contribution < -0.4 is 5.32 Å². The molecule has 116 valence electrons. The van der Waals surface area contributed by atoms with E-state index < -0.39 is 5.97 Å². The molecule has 1 aliphatic heterocycles. The van der Waals surface area contributed by atoms with Gasteiger partial charge >= 0.3 is 12.0 Å². The maximum Gasteiger partial charge on any atom is 0.355 e. The molecular weight excluding hydrogens is 290 g/mol. The highest BCUT2D eigenvalue weighted by Crippen LogP contribution is 2.19. The lowest BCUT2D eigenvalue weighted by Crippen LogP contribution is -2.45. The van der Waals surface area contributed by atoms with Crippen molar-refractivity contribution in [3.8, 4) is 0 Å². The molecule has 1 unspecified atom stereocenters. The summed E-state index contributed by atoms with van der Waals surface area (Å²) in [5.41, 5.74) is 0.0328. The van der Waals surface area contributed by atoms with Gasteiger partial charge in [0.15, 0.2) is 5.69 Å². The van der Waals surface area contributed by atoms with Crippen molar-refractivity contribution in [3.05, 3.63) is 16.1 Å². The van der Waals surface area contributed by atoms with Gasteiger partial charge in [0, 0.05) is 18.0 Å². The lowest BCUT2D eigenvalue weighted by Gasteiger charge is -2.29. The highest BCUT2D eigenvalue weighted by molar-refractivity contribution is 7.09. The number of carboxylic acids is 1. The molecule has 2 amide bonds. The molecule has 1 aliphatic rings. The van der Waals surface area contributed by atoms with E-state index in [-0.39, 0.29) is 18.3 Å². The summed E-state index contributed by atoms with van der Waals surface area (Å²) in [6.45, 7) is 3.18. The molecule has 2 heterocycles. The van der Waals surface area contributed by atoms with Crippen molar-refractivity contribution in [2.75, 3.05) is 6.54 Å². The number of aromatic nitrogens is 1. The lowest BCUT2D eigenvalue weighted by molar-refractivity contribution is 0.0691. The van der Waals surface area contributed by atoms with Crippen LogP contribution in [-0.2, 0) is 6.54 Å². The molecule has 1 aromatic rings. The summed E-state index contributed by atoms with van der Waals surface area (Å²) in [5.74, 6) is -1.04. The van der Waals surface area contributed by atoms with Crippen molar-refractivity contribution in [1.29, 1.82) is 0 Å². The van der Waals surface area contributed by atoms with Gasteiger partial charge in [-0.05, 0) is 19.3 Å². The van der Waals surface area contributed by atoms with Crippen LogP contribution in [0.4, 0.5) is 4.79 Å². The van der Waals surface area contributed by atoms with Gasteiger partial charge in [-0.1, -0.05) is 19.8 Å². The molecule has 1 aromatic heterocycles. The Labute approximate surface area is 128 Å². The Bertz CT molecular complexity index is 503. The number of carbonyl (C=O) groups is 2. The van der Waals surface area contributed by atoms with E-state index in [0.717, 1.165) is 25.8 Å². The first-order valence-corrected chi connectivity index (χ1v) is 8.22. The Morgan fingerprint density at radius 3 is 2.95 bits per heavy atom. The van der Waals surface area contributed by atoms with E-state index in [1.54, 1.807) is 0 Å². The third kappa shape index (κ3) is 4.17. The van der Waals surface area contributed by atoms with Gasteiger partial charge in [-0.2, -0.15) is 0 Å². The molecule has 21 heavy (non-hydrogen) atoms. The summed E-state index contributed by atoms with van der Waals surface area (Å²) >= 11 is 1.25. The van der Waals surface area contributed by atoms with Gasteiger partial charge in [0.25, 0.3) is 0 Å². The molecule has 0 radical (unpaired) electrons. The molecule has 1 saturated heterocycles. The largest absolute Gasteiger partial charge is 0.476 e. The number of amides is 2. The predicted octanol–water partition coefficient (Wildman–Crippen LogP) is 2.71. The van der Waals surface area contributed by atoms with Gasteiger partial charge in [0.05, 0.1) is 6.54 Å². The van der Waals surface area contributed by atoms with Crippen molar-refractivity contribution < 1.29 is 14.7 Å². The first kappa shape index (κ1) is 15.8. The summed E-state index contributed by atoms with van der Waals surface area (Å²) in [5, 5.41) is 13.8. The van der Waals surface area contributed by atoms with Gasteiger partial charge in [0.1, 0.15) is 5.01 Å². The van der Waals surface area contributed by atoms with E-state index >= 15 is 0 Å². The first-order valence-electron chi connectivity index (χ1n) is 7.34. The number of thiazole rings is 1. The van der Waals surface area contributed by atoms with Crippen LogP contribution in [0.15, 0.2) is 5.38 Å². The zero-order valence-electron chi connectivity index (χ0n) is 12.2. The van der Waals surface area contributed by atoms with E-state index in [1.165, 1.54) is 29.6 Å². The van der Waals surface area contributed by atoms with E-state index in [1.807, 2.05) is 4.90 Å². The third-order valence-corrected chi connectivity index (χ3v) is 4.62. The number of carbonyl (C=O) groups excluding carboxylic acids is 1. The minimum Gasteiger partial charge on any atom is -0.476 e. The van der Waals surface area contributed by atoms with Gasteiger partial charge in [-0.3, -0.25) is 0 Å². The van der Waals surface area contributed by atoms with Crippen LogP contribution >= 0.6 is 11.3 Å². The van der Waals surface area contributed by atoms with E-state index in [0.29, 0.717) is 11.0 Å². The van der Waals surface area contributed by atoms with E-state index in [2.05, 4.69) is 17.2 Å². The van der Waals surface area contributed by atoms with Crippen LogP contribution in [0.3, 0.4) is 0 Å². The predicted molar refractivity (Wildman–Crippen MR) is 80.6 cm³/mol. The molecule has 0 spiro atoms.